The summed E-state index contributed by atoms with van der Waals surface area (Å²) in [5.74, 6) is -3.87. The van der Waals surface area contributed by atoms with Crippen molar-refractivity contribution in [3.63, 3.8) is 0 Å². The van der Waals surface area contributed by atoms with E-state index in [9.17, 15) is 22.0 Å². The summed E-state index contributed by atoms with van der Waals surface area (Å²) in [5.41, 5.74) is 4.82. The molecule has 0 radical (unpaired) electrons. The van der Waals surface area contributed by atoms with Crippen LogP contribution in [0, 0.1) is 0 Å². The Bertz CT molecular complexity index is 576. The molecule has 1 heterocycles. The Morgan fingerprint density at radius 1 is 1.35 bits per heavy atom. The van der Waals surface area contributed by atoms with E-state index >= 15 is 0 Å². The number of rotatable bonds is 8. The second-order valence-corrected chi connectivity index (χ2v) is 5.94. The molecule has 1 rings (SSSR count). The molecular weight excluding hydrogens is 377 g/mol. The molecule has 7 nitrogen and oxygen atoms in total. The minimum Gasteiger partial charge on any atom is -0.350 e. The molecule has 0 unspecified atom stereocenters. The fourth-order valence-corrected chi connectivity index (χ4v) is 2.27. The highest BCUT2D eigenvalue weighted by Crippen LogP contribution is 2.08. The van der Waals surface area contributed by atoms with Gasteiger partial charge in [-0.2, -0.15) is 0 Å². The molecule has 0 aliphatic rings. The van der Waals surface area contributed by atoms with Crippen LogP contribution >= 0.6 is 24.8 Å². The van der Waals surface area contributed by atoms with Crippen molar-refractivity contribution in [2.45, 2.75) is 17.2 Å². The van der Waals surface area contributed by atoms with Crippen molar-refractivity contribution < 1.29 is 22.0 Å². The van der Waals surface area contributed by atoms with Crippen LogP contribution in [-0.2, 0) is 14.8 Å². The maximum Gasteiger partial charge on any atom is 0.277 e. The number of nitrogens with one attached hydrogen (secondary N) is 2. The number of nitrogens with two attached hydrogens (primary N) is 1. The number of sulfonamides is 1. The van der Waals surface area contributed by atoms with Crippen LogP contribution in [0.2, 0.25) is 0 Å². The highest BCUT2D eigenvalue weighted by molar-refractivity contribution is 7.89. The van der Waals surface area contributed by atoms with E-state index in [2.05, 4.69) is 9.71 Å². The first-order valence-electron chi connectivity index (χ1n) is 6.01. The lowest BCUT2D eigenvalue weighted by Crippen LogP contribution is -2.42. The van der Waals surface area contributed by atoms with Crippen LogP contribution in [0.25, 0.3) is 0 Å². The summed E-state index contributed by atoms with van der Waals surface area (Å²) >= 11 is 0. The summed E-state index contributed by atoms with van der Waals surface area (Å²) in [5, 5.41) is 1.98. The standard InChI is InChI=1S/C11H16F2N4O3S.2ClH/c12-11(13,7-14)8-16-10(18)3-5-17-21(19,20)9-2-1-4-15-6-9;;/h1-2,4,6,17H,3,5,7-8,14H2,(H,16,18);2*1H. The number of amides is 1. The third-order valence-electron chi connectivity index (χ3n) is 2.43. The summed E-state index contributed by atoms with van der Waals surface area (Å²) in [6, 6.07) is 2.80. The predicted octanol–water partition coefficient (Wildman–Crippen LogP) is 0.304. The molecule has 0 saturated carbocycles. The summed E-state index contributed by atoms with van der Waals surface area (Å²) in [6.07, 6.45) is 2.31. The van der Waals surface area contributed by atoms with Gasteiger partial charge in [0.2, 0.25) is 15.9 Å². The maximum atomic E-state index is 12.8. The van der Waals surface area contributed by atoms with Gasteiger partial charge in [0.05, 0.1) is 13.1 Å². The van der Waals surface area contributed by atoms with Gasteiger partial charge < -0.3 is 11.1 Å². The zero-order valence-corrected chi connectivity index (χ0v) is 14.3. The predicted molar refractivity (Wildman–Crippen MR) is 85.5 cm³/mol. The van der Waals surface area contributed by atoms with Gasteiger partial charge in [0, 0.05) is 25.4 Å². The van der Waals surface area contributed by atoms with Crippen LogP contribution in [0.4, 0.5) is 8.78 Å². The second kappa shape index (κ2) is 10.7. The highest BCUT2D eigenvalue weighted by atomic mass is 35.5. The number of halogens is 4. The number of nitrogens with zero attached hydrogens (tertiary/aromatic N) is 1. The van der Waals surface area contributed by atoms with Gasteiger partial charge in [-0.25, -0.2) is 21.9 Å². The molecule has 23 heavy (non-hydrogen) atoms. The first kappa shape index (κ1) is 24.2. The molecule has 134 valence electrons. The Balaban J connectivity index is 0. The van der Waals surface area contributed by atoms with E-state index in [1.807, 2.05) is 5.32 Å². The van der Waals surface area contributed by atoms with E-state index in [0.717, 1.165) is 6.20 Å². The smallest absolute Gasteiger partial charge is 0.277 e. The quantitative estimate of drug-likeness (QED) is 0.586. The zero-order valence-electron chi connectivity index (χ0n) is 11.9. The minimum atomic E-state index is -3.76. The van der Waals surface area contributed by atoms with Crippen LogP contribution in [0.5, 0.6) is 0 Å². The summed E-state index contributed by atoms with van der Waals surface area (Å²) in [6.45, 7) is -1.96. The lowest BCUT2D eigenvalue weighted by molar-refractivity contribution is -0.122. The summed E-state index contributed by atoms with van der Waals surface area (Å²) in [7, 11) is -3.76. The fourth-order valence-electron chi connectivity index (χ4n) is 1.28. The Kier molecular flexibility index (Phi) is 11.2. The number of carbonyl (C=O) groups is 1. The molecule has 4 N–H and O–H groups in total. The topological polar surface area (TPSA) is 114 Å². The maximum absolute atomic E-state index is 12.8. The van der Waals surface area contributed by atoms with Crippen LogP contribution in [0.1, 0.15) is 6.42 Å². The minimum absolute atomic E-state index is 0. The van der Waals surface area contributed by atoms with E-state index in [-0.39, 0.29) is 42.7 Å². The van der Waals surface area contributed by atoms with Gasteiger partial charge in [0.25, 0.3) is 5.92 Å². The molecule has 0 spiro atoms. The van der Waals surface area contributed by atoms with Crippen molar-refractivity contribution in [3.8, 4) is 0 Å². The van der Waals surface area contributed by atoms with E-state index in [1.54, 1.807) is 0 Å². The number of aromatic nitrogens is 1. The third kappa shape index (κ3) is 8.96. The third-order valence-corrected chi connectivity index (χ3v) is 3.88. The molecular formula is C11H18Cl2F2N4O3S. The van der Waals surface area contributed by atoms with E-state index in [4.69, 9.17) is 5.73 Å². The molecule has 0 aromatic carbocycles. The monoisotopic (exact) mass is 394 g/mol. The van der Waals surface area contributed by atoms with Crippen molar-refractivity contribution in [3.05, 3.63) is 24.5 Å². The van der Waals surface area contributed by atoms with E-state index in [0.29, 0.717) is 0 Å². The van der Waals surface area contributed by atoms with Crippen LogP contribution in [0.3, 0.4) is 0 Å². The van der Waals surface area contributed by atoms with E-state index in [1.165, 1.54) is 18.3 Å². The largest absolute Gasteiger partial charge is 0.350 e. The van der Waals surface area contributed by atoms with Gasteiger partial charge in [-0.15, -0.1) is 24.8 Å². The summed E-state index contributed by atoms with van der Waals surface area (Å²) < 4.78 is 51.3. The lowest BCUT2D eigenvalue weighted by atomic mass is 10.3. The van der Waals surface area contributed by atoms with Crippen molar-refractivity contribution in [2.24, 2.45) is 5.73 Å². The Morgan fingerprint density at radius 2 is 2.00 bits per heavy atom. The second-order valence-electron chi connectivity index (χ2n) is 4.17. The van der Waals surface area contributed by atoms with Crippen molar-refractivity contribution in [2.75, 3.05) is 19.6 Å². The Morgan fingerprint density at radius 3 is 2.52 bits per heavy atom. The van der Waals surface area contributed by atoms with Gasteiger partial charge in [-0.1, -0.05) is 0 Å². The first-order chi connectivity index (χ1) is 9.77. The zero-order chi connectivity index (χ0) is 15.9. The Hall–Kier alpha value is -1.07. The molecule has 1 aromatic heterocycles. The molecule has 1 aromatic rings. The van der Waals surface area contributed by atoms with Crippen molar-refractivity contribution in [1.29, 1.82) is 0 Å². The van der Waals surface area contributed by atoms with Gasteiger partial charge in [-0.05, 0) is 12.1 Å². The first-order valence-corrected chi connectivity index (χ1v) is 7.49. The molecule has 0 aliphatic heterocycles. The van der Waals surface area contributed by atoms with E-state index < -0.39 is 34.9 Å². The molecule has 0 atom stereocenters. The van der Waals surface area contributed by atoms with Gasteiger partial charge in [-0.3, -0.25) is 9.78 Å². The van der Waals surface area contributed by atoms with Crippen LogP contribution in [0.15, 0.2) is 29.4 Å². The Labute approximate surface area is 145 Å². The summed E-state index contributed by atoms with van der Waals surface area (Å²) in [4.78, 5) is 14.9. The van der Waals surface area contributed by atoms with Crippen LogP contribution in [-0.4, -0.2) is 44.9 Å². The van der Waals surface area contributed by atoms with Crippen molar-refractivity contribution in [1.82, 2.24) is 15.0 Å². The number of hydrogen-bond donors (Lipinski definition) is 3. The molecule has 12 heteroatoms. The highest BCUT2D eigenvalue weighted by Gasteiger charge is 2.27. The fraction of sp³-hybridized carbons (Fsp3) is 0.455. The number of pyridine rings is 1. The molecule has 0 aliphatic carbocycles. The average molecular weight is 395 g/mol. The average Bonchev–Trinajstić information content (AvgIpc) is 2.46. The molecule has 0 fully saturated rings. The SMILES string of the molecule is Cl.Cl.NCC(F)(F)CNC(=O)CCNS(=O)(=O)c1cccnc1. The number of hydrogen-bond acceptors (Lipinski definition) is 5. The van der Waals surface area contributed by atoms with Crippen LogP contribution < -0.4 is 15.8 Å². The van der Waals surface area contributed by atoms with Gasteiger partial charge in [0.15, 0.2) is 0 Å². The molecule has 0 bridgehead atoms. The normalized spacial score (nSPS) is 11.1. The molecule has 1 amide bonds. The molecule has 0 saturated heterocycles. The number of alkyl halides is 2. The lowest BCUT2D eigenvalue weighted by Gasteiger charge is -2.14. The van der Waals surface area contributed by atoms with Gasteiger partial charge in [0.1, 0.15) is 4.90 Å². The van der Waals surface area contributed by atoms with Crippen molar-refractivity contribution >= 4 is 40.7 Å². The van der Waals surface area contributed by atoms with Gasteiger partial charge >= 0.3 is 0 Å². The number of carbonyl (C=O) groups excluding carboxylic acids is 1.